The van der Waals surface area contributed by atoms with Crippen molar-refractivity contribution in [3.05, 3.63) is 0 Å². The fourth-order valence-electron chi connectivity index (χ4n) is 4.48. The van der Waals surface area contributed by atoms with Gasteiger partial charge in [-0.2, -0.15) is 0 Å². The van der Waals surface area contributed by atoms with Crippen molar-refractivity contribution in [1.29, 1.82) is 0 Å². The van der Waals surface area contributed by atoms with E-state index in [0.717, 1.165) is 37.9 Å². The fraction of sp³-hybridized carbons (Fsp3) is 1.00. The van der Waals surface area contributed by atoms with Crippen LogP contribution in [-0.2, 0) is 9.47 Å². The van der Waals surface area contributed by atoms with Crippen LogP contribution in [0.2, 0.25) is 0 Å². The van der Waals surface area contributed by atoms with Crippen LogP contribution in [0.5, 0.6) is 0 Å². The molecule has 0 spiro atoms. The molecule has 0 amide bonds. The Morgan fingerprint density at radius 3 is 2.04 bits per heavy atom. The molecular formula is C21H40O2. The van der Waals surface area contributed by atoms with E-state index in [4.69, 9.17) is 9.47 Å². The van der Waals surface area contributed by atoms with Crippen molar-refractivity contribution >= 4 is 0 Å². The second-order valence-electron chi connectivity index (χ2n) is 8.41. The Morgan fingerprint density at radius 1 is 0.783 bits per heavy atom. The number of unbranched alkanes of at least 4 members (excludes halogenated alkanes) is 4. The molecule has 0 N–H and O–H groups in total. The highest BCUT2D eigenvalue weighted by Crippen LogP contribution is 2.44. The summed E-state index contributed by atoms with van der Waals surface area (Å²) in [5, 5.41) is 0. The molecule has 23 heavy (non-hydrogen) atoms. The molecule has 1 saturated carbocycles. The maximum atomic E-state index is 5.99. The molecule has 2 fully saturated rings. The summed E-state index contributed by atoms with van der Waals surface area (Å²) in [5.41, 5.74) is 0.260. The third-order valence-electron chi connectivity index (χ3n) is 6.27. The standard InChI is InChI=1S/C21H40O2/c1-4-6-7-8-9-11-18-12-14-19(15-13-18)21(3)16-22-20(10-5-2)23-17-21/h18-20H,4-17H2,1-3H3/t18?,19?,20-,21+. The number of hydrogen-bond acceptors (Lipinski definition) is 2. The quantitative estimate of drug-likeness (QED) is 0.461. The lowest BCUT2D eigenvalue weighted by atomic mass is 9.67. The normalized spacial score (nSPS) is 35.3. The van der Waals surface area contributed by atoms with Crippen LogP contribution in [0, 0.1) is 17.3 Å². The Balaban J connectivity index is 1.64. The van der Waals surface area contributed by atoms with Crippen molar-refractivity contribution in [2.75, 3.05) is 13.2 Å². The van der Waals surface area contributed by atoms with Crippen LogP contribution in [0.15, 0.2) is 0 Å². The second-order valence-corrected chi connectivity index (χ2v) is 8.41. The Hall–Kier alpha value is -0.0800. The van der Waals surface area contributed by atoms with E-state index in [1.807, 2.05) is 0 Å². The summed E-state index contributed by atoms with van der Waals surface area (Å²) in [4.78, 5) is 0. The fourth-order valence-corrected chi connectivity index (χ4v) is 4.48. The van der Waals surface area contributed by atoms with Crippen LogP contribution < -0.4 is 0 Å². The van der Waals surface area contributed by atoms with E-state index in [2.05, 4.69) is 20.8 Å². The van der Waals surface area contributed by atoms with E-state index in [1.165, 1.54) is 64.2 Å². The van der Waals surface area contributed by atoms with Crippen LogP contribution in [0.25, 0.3) is 0 Å². The second kappa shape index (κ2) is 10.0. The third kappa shape index (κ3) is 6.05. The number of hydrogen-bond donors (Lipinski definition) is 0. The zero-order chi connectivity index (χ0) is 16.5. The van der Waals surface area contributed by atoms with Crippen LogP contribution in [-0.4, -0.2) is 19.5 Å². The smallest absolute Gasteiger partial charge is 0.157 e. The van der Waals surface area contributed by atoms with Gasteiger partial charge in [0.25, 0.3) is 0 Å². The minimum Gasteiger partial charge on any atom is -0.352 e. The lowest BCUT2D eigenvalue weighted by molar-refractivity contribution is -0.241. The SMILES string of the molecule is CCCCCCCC1CCC([C@]2(C)CO[C@H](CCC)OC2)CC1. The average molecular weight is 325 g/mol. The molecule has 2 aliphatic rings. The Morgan fingerprint density at radius 2 is 1.43 bits per heavy atom. The molecule has 2 rings (SSSR count). The van der Waals surface area contributed by atoms with Gasteiger partial charge in [-0.1, -0.05) is 78.6 Å². The zero-order valence-electron chi connectivity index (χ0n) is 15.9. The van der Waals surface area contributed by atoms with Gasteiger partial charge in [0.1, 0.15) is 0 Å². The van der Waals surface area contributed by atoms with Gasteiger partial charge < -0.3 is 9.47 Å². The molecule has 0 unspecified atom stereocenters. The van der Waals surface area contributed by atoms with Crippen LogP contribution in [0.1, 0.15) is 97.8 Å². The first kappa shape index (κ1) is 19.2. The van der Waals surface area contributed by atoms with Crippen molar-refractivity contribution in [2.24, 2.45) is 17.3 Å². The van der Waals surface area contributed by atoms with Crippen molar-refractivity contribution in [2.45, 2.75) is 104 Å². The topological polar surface area (TPSA) is 18.5 Å². The van der Waals surface area contributed by atoms with Gasteiger partial charge in [0.05, 0.1) is 13.2 Å². The highest BCUT2D eigenvalue weighted by Gasteiger charge is 2.40. The molecule has 0 aromatic rings. The van der Waals surface area contributed by atoms with E-state index in [0.29, 0.717) is 0 Å². The van der Waals surface area contributed by atoms with E-state index in [-0.39, 0.29) is 11.7 Å². The monoisotopic (exact) mass is 324 g/mol. The van der Waals surface area contributed by atoms with Gasteiger partial charge in [-0.05, 0) is 31.1 Å². The van der Waals surface area contributed by atoms with E-state index in [1.54, 1.807) is 0 Å². The molecule has 2 nitrogen and oxygen atoms in total. The predicted molar refractivity (Wildman–Crippen MR) is 97.5 cm³/mol. The van der Waals surface area contributed by atoms with Gasteiger partial charge in [0.2, 0.25) is 0 Å². The highest BCUT2D eigenvalue weighted by atomic mass is 16.7. The molecule has 1 saturated heterocycles. The minimum absolute atomic E-state index is 0.0625. The lowest BCUT2D eigenvalue weighted by Crippen LogP contribution is -2.45. The summed E-state index contributed by atoms with van der Waals surface area (Å²) in [7, 11) is 0. The predicted octanol–water partition coefficient (Wildman–Crippen LogP) is 6.33. The first-order chi connectivity index (χ1) is 11.2. The zero-order valence-corrected chi connectivity index (χ0v) is 15.9. The molecule has 1 aliphatic carbocycles. The third-order valence-corrected chi connectivity index (χ3v) is 6.27. The van der Waals surface area contributed by atoms with Gasteiger partial charge in [-0.15, -0.1) is 0 Å². The van der Waals surface area contributed by atoms with E-state index in [9.17, 15) is 0 Å². The summed E-state index contributed by atoms with van der Waals surface area (Å²) in [6.45, 7) is 8.70. The first-order valence-corrected chi connectivity index (χ1v) is 10.4. The summed E-state index contributed by atoms with van der Waals surface area (Å²) in [6, 6.07) is 0. The van der Waals surface area contributed by atoms with Gasteiger partial charge >= 0.3 is 0 Å². The van der Waals surface area contributed by atoms with Crippen LogP contribution in [0.4, 0.5) is 0 Å². The van der Waals surface area contributed by atoms with Crippen LogP contribution >= 0.6 is 0 Å². The van der Waals surface area contributed by atoms with Gasteiger partial charge in [-0.25, -0.2) is 0 Å². The number of ether oxygens (including phenoxy) is 2. The lowest BCUT2D eigenvalue weighted by Gasteiger charge is -2.45. The maximum absolute atomic E-state index is 5.99. The summed E-state index contributed by atoms with van der Waals surface area (Å²) in [5.74, 6) is 1.80. The van der Waals surface area contributed by atoms with Gasteiger partial charge in [0, 0.05) is 5.41 Å². The van der Waals surface area contributed by atoms with Crippen molar-refractivity contribution in [3.8, 4) is 0 Å². The summed E-state index contributed by atoms with van der Waals surface area (Å²) < 4.78 is 12.0. The largest absolute Gasteiger partial charge is 0.352 e. The average Bonchev–Trinajstić information content (AvgIpc) is 2.58. The van der Waals surface area contributed by atoms with Crippen molar-refractivity contribution in [3.63, 3.8) is 0 Å². The van der Waals surface area contributed by atoms with E-state index < -0.39 is 0 Å². The molecule has 1 aliphatic heterocycles. The number of rotatable bonds is 9. The van der Waals surface area contributed by atoms with E-state index >= 15 is 0 Å². The molecule has 1 heterocycles. The molecule has 0 aromatic carbocycles. The van der Waals surface area contributed by atoms with Gasteiger partial charge in [-0.3, -0.25) is 0 Å². The van der Waals surface area contributed by atoms with Gasteiger partial charge in [0.15, 0.2) is 6.29 Å². The summed E-state index contributed by atoms with van der Waals surface area (Å²) in [6.07, 6.45) is 16.5. The molecule has 0 atom stereocenters. The van der Waals surface area contributed by atoms with Crippen LogP contribution in [0.3, 0.4) is 0 Å². The molecule has 136 valence electrons. The molecule has 0 aromatic heterocycles. The maximum Gasteiger partial charge on any atom is 0.157 e. The minimum atomic E-state index is 0.0625. The highest BCUT2D eigenvalue weighted by molar-refractivity contribution is 4.88. The summed E-state index contributed by atoms with van der Waals surface area (Å²) >= 11 is 0. The Kier molecular flexibility index (Phi) is 8.40. The molecule has 2 heteroatoms. The Labute approximate surface area is 144 Å². The Bertz CT molecular complexity index is 299. The van der Waals surface area contributed by atoms with Crippen molar-refractivity contribution < 1.29 is 9.47 Å². The molecule has 0 bridgehead atoms. The van der Waals surface area contributed by atoms with Crippen molar-refractivity contribution in [1.82, 2.24) is 0 Å². The first-order valence-electron chi connectivity index (χ1n) is 10.4. The molecule has 0 radical (unpaired) electrons. The molecular weight excluding hydrogens is 284 g/mol.